The van der Waals surface area contributed by atoms with Crippen molar-refractivity contribution in [1.29, 1.82) is 0 Å². The van der Waals surface area contributed by atoms with Crippen molar-refractivity contribution in [1.82, 2.24) is 19.7 Å². The second kappa shape index (κ2) is 9.77. The number of nitrogens with one attached hydrogen (secondary N) is 1. The molecule has 0 radical (unpaired) electrons. The molecular formula is C21H20ClN5O4S2. The molecule has 172 valence electrons. The fourth-order valence-corrected chi connectivity index (χ4v) is 4.93. The molecule has 33 heavy (non-hydrogen) atoms. The van der Waals surface area contributed by atoms with Crippen LogP contribution in [0.15, 0.2) is 54.2 Å². The number of para-hydroxylation sites is 1. The minimum Gasteiger partial charge on any atom is -0.494 e. The maximum atomic E-state index is 12.9. The first-order valence-electron chi connectivity index (χ1n) is 9.72. The quantitative estimate of drug-likeness (QED) is 0.365. The highest BCUT2D eigenvalue weighted by molar-refractivity contribution is 7.92. The molecule has 0 bridgehead atoms. The van der Waals surface area contributed by atoms with Gasteiger partial charge in [-0.1, -0.05) is 29.8 Å². The van der Waals surface area contributed by atoms with Gasteiger partial charge in [-0.3, -0.25) is 14.3 Å². The Hall–Kier alpha value is -3.15. The molecule has 0 fully saturated rings. The van der Waals surface area contributed by atoms with Crippen LogP contribution < -0.4 is 14.2 Å². The molecule has 4 aromatic rings. The first-order chi connectivity index (χ1) is 15.9. The Morgan fingerprint density at radius 2 is 1.76 bits per heavy atom. The molecule has 0 saturated heterocycles. The van der Waals surface area contributed by atoms with E-state index >= 15 is 0 Å². The van der Waals surface area contributed by atoms with Crippen LogP contribution in [0.5, 0.6) is 11.5 Å². The lowest BCUT2D eigenvalue weighted by atomic mass is 10.2. The molecule has 12 heteroatoms. The zero-order valence-electron chi connectivity index (χ0n) is 17.7. The van der Waals surface area contributed by atoms with Crippen molar-refractivity contribution in [2.75, 3.05) is 24.7 Å². The van der Waals surface area contributed by atoms with Crippen LogP contribution in [-0.2, 0) is 16.4 Å². The van der Waals surface area contributed by atoms with Gasteiger partial charge in [0.1, 0.15) is 17.2 Å². The molecule has 0 unspecified atom stereocenters. The number of aryl methyl sites for hydroxylation is 1. The van der Waals surface area contributed by atoms with Gasteiger partial charge in [0.05, 0.1) is 30.4 Å². The molecule has 9 nitrogen and oxygen atoms in total. The van der Waals surface area contributed by atoms with Crippen LogP contribution in [0.25, 0.3) is 16.4 Å². The summed E-state index contributed by atoms with van der Waals surface area (Å²) in [5.41, 5.74) is 2.97. The van der Waals surface area contributed by atoms with Crippen molar-refractivity contribution in [3.63, 3.8) is 0 Å². The first-order valence-corrected chi connectivity index (χ1v) is 12.6. The highest BCUT2D eigenvalue weighted by Crippen LogP contribution is 2.38. The minimum atomic E-state index is -3.77. The topological polar surface area (TPSA) is 108 Å². The smallest absolute Gasteiger partial charge is 0.243 e. The van der Waals surface area contributed by atoms with Crippen LogP contribution in [0.3, 0.4) is 0 Å². The number of anilines is 1. The molecule has 0 aliphatic carbocycles. The van der Waals surface area contributed by atoms with E-state index < -0.39 is 10.0 Å². The number of methoxy groups -OCH3 is 2. The second-order valence-electron chi connectivity index (χ2n) is 6.86. The summed E-state index contributed by atoms with van der Waals surface area (Å²) in [6.45, 7) is 0. The molecule has 0 aliphatic rings. The summed E-state index contributed by atoms with van der Waals surface area (Å²) in [5, 5.41) is 8.94. The monoisotopic (exact) mass is 505 g/mol. The number of hydrogen-bond donors (Lipinski definition) is 1. The number of ether oxygens (including phenoxy) is 2. The molecule has 0 spiro atoms. The van der Waals surface area contributed by atoms with E-state index in [4.69, 9.17) is 21.1 Å². The Morgan fingerprint density at radius 1 is 1.06 bits per heavy atom. The number of hydrogen-bond acceptors (Lipinski definition) is 8. The molecule has 0 aliphatic heterocycles. The molecule has 1 N–H and O–H groups in total. The van der Waals surface area contributed by atoms with Crippen LogP contribution >= 0.6 is 22.9 Å². The molecule has 2 aromatic heterocycles. The van der Waals surface area contributed by atoms with Crippen molar-refractivity contribution < 1.29 is 17.9 Å². The van der Waals surface area contributed by atoms with Crippen LogP contribution in [0.1, 0.15) is 5.56 Å². The predicted octanol–water partition coefficient (Wildman–Crippen LogP) is 4.05. The maximum absolute atomic E-state index is 12.9. The van der Waals surface area contributed by atoms with Crippen molar-refractivity contribution >= 4 is 38.9 Å². The van der Waals surface area contributed by atoms with Gasteiger partial charge in [-0.15, -0.1) is 21.5 Å². The summed E-state index contributed by atoms with van der Waals surface area (Å²) in [7, 11) is -0.731. The number of halogens is 1. The maximum Gasteiger partial charge on any atom is 0.243 e. The molecule has 2 aromatic carbocycles. The fraction of sp³-hybridized carbons (Fsp3) is 0.190. The number of thiazole rings is 1. The van der Waals surface area contributed by atoms with Gasteiger partial charge in [0.2, 0.25) is 16.0 Å². The van der Waals surface area contributed by atoms with Gasteiger partial charge in [0.25, 0.3) is 0 Å². The molecule has 4 rings (SSSR count). The molecule has 0 atom stereocenters. The Balaban J connectivity index is 1.73. The van der Waals surface area contributed by atoms with E-state index in [1.54, 1.807) is 58.7 Å². The third-order valence-corrected chi connectivity index (χ3v) is 7.02. The Morgan fingerprint density at radius 3 is 2.36 bits per heavy atom. The van der Waals surface area contributed by atoms with Gasteiger partial charge < -0.3 is 9.47 Å². The summed E-state index contributed by atoms with van der Waals surface area (Å²) in [5.74, 6) is 1.18. The number of nitrogens with zero attached hydrogens (tertiary/aromatic N) is 4. The SMILES string of the molecule is COc1cccc(OC)c1-n1c(NS(=O)(=O)CCc2ccc(Cl)cc2)nnc1-c1cncs1. The average Bonchev–Trinajstić information content (AvgIpc) is 3.48. The van der Waals surface area contributed by atoms with Crippen molar-refractivity contribution in [3.05, 3.63) is 64.8 Å². The second-order valence-corrected chi connectivity index (χ2v) is 10.0. The Labute approximate surface area is 200 Å². The van der Waals surface area contributed by atoms with Crippen molar-refractivity contribution in [2.45, 2.75) is 6.42 Å². The number of benzene rings is 2. The highest BCUT2D eigenvalue weighted by atomic mass is 35.5. The van der Waals surface area contributed by atoms with Gasteiger partial charge in [-0.05, 0) is 36.2 Å². The van der Waals surface area contributed by atoms with Gasteiger partial charge in [-0.2, -0.15) is 0 Å². The van der Waals surface area contributed by atoms with Crippen LogP contribution in [-0.4, -0.2) is 48.1 Å². The number of rotatable bonds is 9. The highest BCUT2D eigenvalue weighted by Gasteiger charge is 2.25. The summed E-state index contributed by atoms with van der Waals surface area (Å²) in [6.07, 6.45) is 1.94. The van der Waals surface area contributed by atoms with E-state index in [9.17, 15) is 8.42 Å². The van der Waals surface area contributed by atoms with Gasteiger partial charge in [0, 0.05) is 11.2 Å². The van der Waals surface area contributed by atoms with Crippen molar-refractivity contribution in [2.24, 2.45) is 0 Å². The summed E-state index contributed by atoms with van der Waals surface area (Å²) < 4.78 is 41.1. The van der Waals surface area contributed by atoms with E-state index in [0.717, 1.165) is 5.56 Å². The van der Waals surface area contributed by atoms with Gasteiger partial charge in [0.15, 0.2) is 5.82 Å². The van der Waals surface area contributed by atoms with Crippen LogP contribution in [0.2, 0.25) is 5.02 Å². The van der Waals surface area contributed by atoms with Crippen LogP contribution in [0, 0.1) is 0 Å². The Bertz CT molecular complexity index is 1320. The third-order valence-electron chi connectivity index (χ3n) is 4.76. The van der Waals surface area contributed by atoms with E-state index in [1.807, 2.05) is 0 Å². The first kappa shape index (κ1) is 23.0. The lowest BCUT2D eigenvalue weighted by Crippen LogP contribution is -2.21. The number of aromatic nitrogens is 4. The van der Waals surface area contributed by atoms with Gasteiger partial charge >= 0.3 is 0 Å². The van der Waals surface area contributed by atoms with Crippen LogP contribution in [0.4, 0.5) is 5.95 Å². The van der Waals surface area contributed by atoms with Gasteiger partial charge in [-0.25, -0.2) is 8.42 Å². The summed E-state index contributed by atoms with van der Waals surface area (Å²) in [6, 6.07) is 12.3. The number of sulfonamides is 1. The minimum absolute atomic E-state index is 0.0114. The molecular weight excluding hydrogens is 486 g/mol. The molecule has 2 heterocycles. The van der Waals surface area contributed by atoms with E-state index in [0.29, 0.717) is 39.3 Å². The van der Waals surface area contributed by atoms with Crippen molar-refractivity contribution in [3.8, 4) is 27.9 Å². The molecule has 0 saturated carbocycles. The lowest BCUT2D eigenvalue weighted by Gasteiger charge is -2.17. The zero-order chi connectivity index (χ0) is 23.4. The average molecular weight is 506 g/mol. The standard InChI is InChI=1S/C21H20ClN5O4S2/c1-30-16-4-3-5-17(31-2)19(16)27-20(18-12-23-13-32-18)24-25-21(27)26-33(28,29)11-10-14-6-8-15(22)9-7-14/h3-9,12-13H,10-11H2,1-2H3,(H,25,26). The normalized spacial score (nSPS) is 11.4. The summed E-state index contributed by atoms with van der Waals surface area (Å²) in [4.78, 5) is 4.79. The molecule has 0 amide bonds. The zero-order valence-corrected chi connectivity index (χ0v) is 20.1. The van der Waals surface area contributed by atoms with E-state index in [-0.39, 0.29) is 11.7 Å². The predicted molar refractivity (Wildman–Crippen MR) is 128 cm³/mol. The van der Waals surface area contributed by atoms with E-state index in [2.05, 4.69) is 19.9 Å². The third kappa shape index (κ3) is 5.10. The Kier molecular flexibility index (Phi) is 6.82. The van der Waals surface area contributed by atoms with E-state index in [1.165, 1.54) is 25.6 Å². The summed E-state index contributed by atoms with van der Waals surface area (Å²) >= 11 is 7.25. The lowest BCUT2D eigenvalue weighted by molar-refractivity contribution is 0.391. The fourth-order valence-electron chi connectivity index (χ4n) is 3.19. The largest absolute Gasteiger partial charge is 0.494 e.